The first kappa shape index (κ1) is 9.69. The molecule has 2 aromatic rings. The topological polar surface area (TPSA) is 99.1 Å². The third-order valence-electron chi connectivity index (χ3n) is 1.78. The fourth-order valence-electron chi connectivity index (χ4n) is 1.07. The Morgan fingerprint density at radius 3 is 2.31 bits per heavy atom. The van der Waals surface area contributed by atoms with Gasteiger partial charge in [-0.1, -0.05) is 0 Å². The summed E-state index contributed by atoms with van der Waals surface area (Å²) in [5, 5.41) is 17.5. The Morgan fingerprint density at radius 2 is 1.69 bits per heavy atom. The van der Waals surface area contributed by atoms with Gasteiger partial charge in [0.1, 0.15) is 17.7 Å². The van der Waals surface area contributed by atoms with E-state index in [9.17, 15) is 0 Å². The summed E-state index contributed by atoms with van der Waals surface area (Å²) in [6.45, 7) is 0. The van der Waals surface area contributed by atoms with Gasteiger partial charge >= 0.3 is 0 Å². The fourth-order valence-corrected chi connectivity index (χ4v) is 1.07. The van der Waals surface area contributed by atoms with Gasteiger partial charge in [-0.2, -0.15) is 10.5 Å². The van der Waals surface area contributed by atoms with Gasteiger partial charge < -0.3 is 0 Å². The lowest BCUT2D eigenvalue weighted by molar-refractivity contribution is 1.06. The van der Waals surface area contributed by atoms with Crippen LogP contribution in [0.2, 0.25) is 0 Å². The van der Waals surface area contributed by atoms with E-state index < -0.39 is 0 Å². The molecule has 2 rings (SSSR count). The third-order valence-corrected chi connectivity index (χ3v) is 1.78. The lowest BCUT2D eigenvalue weighted by atomic mass is 10.2. The lowest BCUT2D eigenvalue weighted by Crippen LogP contribution is -1.98. The highest BCUT2D eigenvalue weighted by molar-refractivity contribution is 5.48. The average Bonchev–Trinajstić information content (AvgIpc) is 2.39. The molecule has 0 saturated carbocycles. The lowest BCUT2D eigenvalue weighted by Gasteiger charge is -1.98. The van der Waals surface area contributed by atoms with E-state index in [0.717, 1.165) is 0 Å². The molecule has 0 unspecified atom stereocenters. The van der Waals surface area contributed by atoms with Crippen LogP contribution in [-0.2, 0) is 0 Å². The van der Waals surface area contributed by atoms with Crippen LogP contribution in [0, 0.1) is 22.7 Å². The van der Waals surface area contributed by atoms with Crippen molar-refractivity contribution in [2.75, 3.05) is 0 Å². The number of rotatable bonds is 1. The van der Waals surface area contributed by atoms with Crippen molar-refractivity contribution in [3.8, 4) is 23.8 Å². The maximum atomic E-state index is 8.79. The molecule has 0 aliphatic heterocycles. The molecule has 6 heteroatoms. The summed E-state index contributed by atoms with van der Waals surface area (Å²) >= 11 is 0. The van der Waals surface area contributed by atoms with Crippen molar-refractivity contribution in [2.45, 2.75) is 0 Å². The molecule has 0 bridgehead atoms. The molecule has 6 nitrogen and oxygen atoms in total. The fraction of sp³-hybridized carbons (Fsp3) is 0. The van der Waals surface area contributed by atoms with Gasteiger partial charge in [0, 0.05) is 12.4 Å². The van der Waals surface area contributed by atoms with E-state index in [1.165, 1.54) is 6.20 Å². The van der Waals surface area contributed by atoms with Crippen LogP contribution < -0.4 is 0 Å². The Balaban J connectivity index is 2.55. The predicted molar refractivity (Wildman–Crippen MR) is 52.5 cm³/mol. The SMILES string of the molecule is N#Cc1cnc(-c2ncccn2)nc1C#N. The zero-order chi connectivity index (χ0) is 11.4. The highest BCUT2D eigenvalue weighted by Crippen LogP contribution is 2.10. The van der Waals surface area contributed by atoms with E-state index in [1.54, 1.807) is 18.5 Å². The standard InChI is InChI=1S/C10H4N6/c11-4-7-6-15-10(16-8(7)5-12)9-13-2-1-3-14-9/h1-3,6H. The van der Waals surface area contributed by atoms with Gasteiger partial charge in [-0.3, -0.25) is 0 Å². The van der Waals surface area contributed by atoms with Crippen LogP contribution in [0.5, 0.6) is 0 Å². The Morgan fingerprint density at radius 1 is 0.938 bits per heavy atom. The van der Waals surface area contributed by atoms with Crippen LogP contribution in [0.3, 0.4) is 0 Å². The molecule has 0 aliphatic rings. The van der Waals surface area contributed by atoms with Gasteiger partial charge in [0.15, 0.2) is 17.3 Å². The Hall–Kier alpha value is -2.86. The third kappa shape index (κ3) is 1.68. The number of hydrogen-bond donors (Lipinski definition) is 0. The van der Waals surface area contributed by atoms with Crippen LogP contribution in [-0.4, -0.2) is 19.9 Å². The zero-order valence-corrected chi connectivity index (χ0v) is 7.99. The Bertz CT molecular complexity index is 593. The van der Waals surface area contributed by atoms with Crippen molar-refractivity contribution in [3.05, 3.63) is 35.9 Å². The summed E-state index contributed by atoms with van der Waals surface area (Å²) in [5.74, 6) is 0.555. The normalized spacial score (nSPS) is 9.12. The first-order valence-electron chi connectivity index (χ1n) is 4.30. The van der Waals surface area contributed by atoms with Crippen molar-refractivity contribution in [2.24, 2.45) is 0 Å². The van der Waals surface area contributed by atoms with Crippen molar-refractivity contribution < 1.29 is 0 Å². The quantitative estimate of drug-likeness (QED) is 0.683. The average molecular weight is 208 g/mol. The molecule has 0 spiro atoms. The van der Waals surface area contributed by atoms with Crippen LogP contribution in [0.25, 0.3) is 11.6 Å². The molecule has 16 heavy (non-hydrogen) atoms. The summed E-state index contributed by atoms with van der Waals surface area (Å²) in [4.78, 5) is 15.7. The first-order chi connectivity index (χ1) is 7.85. The van der Waals surface area contributed by atoms with Crippen LogP contribution in [0.1, 0.15) is 11.3 Å². The molecule has 0 aliphatic carbocycles. The second kappa shape index (κ2) is 4.11. The van der Waals surface area contributed by atoms with Gasteiger partial charge in [-0.15, -0.1) is 0 Å². The largest absolute Gasteiger partial charge is 0.234 e. The summed E-state index contributed by atoms with van der Waals surface area (Å²) in [6, 6.07) is 5.33. The van der Waals surface area contributed by atoms with E-state index in [-0.39, 0.29) is 17.1 Å². The maximum absolute atomic E-state index is 8.79. The second-order valence-corrected chi connectivity index (χ2v) is 2.75. The molecular weight excluding hydrogens is 204 g/mol. The molecule has 0 N–H and O–H groups in total. The van der Waals surface area contributed by atoms with Gasteiger partial charge in [-0.25, -0.2) is 19.9 Å². The zero-order valence-electron chi connectivity index (χ0n) is 7.99. The summed E-state index contributed by atoms with van der Waals surface area (Å²) in [5.41, 5.74) is 0.169. The molecule has 74 valence electrons. The number of nitrogens with zero attached hydrogens (tertiary/aromatic N) is 6. The van der Waals surface area contributed by atoms with Gasteiger partial charge in [0.2, 0.25) is 0 Å². The number of aromatic nitrogens is 4. The smallest absolute Gasteiger partial charge is 0.199 e. The summed E-state index contributed by atoms with van der Waals surface area (Å²) < 4.78 is 0. The molecule has 0 atom stereocenters. The van der Waals surface area contributed by atoms with Crippen molar-refractivity contribution in [1.82, 2.24) is 19.9 Å². The van der Waals surface area contributed by atoms with E-state index in [4.69, 9.17) is 10.5 Å². The molecule has 2 aromatic heterocycles. The van der Waals surface area contributed by atoms with Crippen molar-refractivity contribution in [3.63, 3.8) is 0 Å². The molecule has 0 saturated heterocycles. The first-order valence-corrected chi connectivity index (χ1v) is 4.30. The highest BCUT2D eigenvalue weighted by atomic mass is 15.0. The van der Waals surface area contributed by atoms with E-state index in [1.807, 2.05) is 12.1 Å². The monoisotopic (exact) mass is 208 g/mol. The minimum atomic E-state index is 0.0277. The molecular formula is C10H4N6. The van der Waals surface area contributed by atoms with E-state index in [2.05, 4.69) is 19.9 Å². The molecule has 0 radical (unpaired) electrons. The summed E-state index contributed by atoms with van der Waals surface area (Å²) in [7, 11) is 0. The molecule has 0 amide bonds. The maximum Gasteiger partial charge on any atom is 0.199 e. The number of nitriles is 2. The Kier molecular flexibility index (Phi) is 2.49. The van der Waals surface area contributed by atoms with Crippen LogP contribution >= 0.6 is 0 Å². The van der Waals surface area contributed by atoms with Crippen molar-refractivity contribution >= 4 is 0 Å². The van der Waals surface area contributed by atoms with Gasteiger partial charge in [-0.05, 0) is 6.07 Å². The van der Waals surface area contributed by atoms with Crippen LogP contribution in [0.15, 0.2) is 24.7 Å². The molecule has 0 aromatic carbocycles. The van der Waals surface area contributed by atoms with Gasteiger partial charge in [0.05, 0.1) is 6.20 Å². The van der Waals surface area contributed by atoms with Gasteiger partial charge in [0.25, 0.3) is 0 Å². The predicted octanol–water partition coefficient (Wildman–Crippen LogP) is 0.677. The highest BCUT2D eigenvalue weighted by Gasteiger charge is 2.09. The minimum absolute atomic E-state index is 0.0277. The minimum Gasteiger partial charge on any atom is -0.234 e. The summed E-state index contributed by atoms with van der Waals surface area (Å²) in [6.07, 6.45) is 4.39. The van der Waals surface area contributed by atoms with E-state index >= 15 is 0 Å². The second-order valence-electron chi connectivity index (χ2n) is 2.75. The Labute approximate surface area is 90.9 Å². The van der Waals surface area contributed by atoms with E-state index in [0.29, 0.717) is 5.82 Å². The number of hydrogen-bond acceptors (Lipinski definition) is 6. The van der Waals surface area contributed by atoms with Crippen molar-refractivity contribution in [1.29, 1.82) is 10.5 Å². The van der Waals surface area contributed by atoms with Crippen LogP contribution in [0.4, 0.5) is 0 Å². The molecule has 0 fully saturated rings. The molecule has 2 heterocycles.